The molecule has 6 nitrogen and oxygen atoms in total. The van der Waals surface area contributed by atoms with Gasteiger partial charge in [0.25, 0.3) is 0 Å². The van der Waals surface area contributed by atoms with Gasteiger partial charge >= 0.3 is 0 Å². The van der Waals surface area contributed by atoms with Gasteiger partial charge in [0.1, 0.15) is 10.6 Å². The molecule has 1 aliphatic heterocycles. The first-order chi connectivity index (χ1) is 14.5. The minimum atomic E-state index is -3.59. The van der Waals surface area contributed by atoms with Gasteiger partial charge in [0, 0.05) is 19.6 Å². The standard InChI is InChI=1S/C23H32N2O4S/c1-3-19-11-12-21(28-2)23(17-19)30(26,27)24-13-7-8-14-25-15-16-29-22(18-25)20-9-5-4-6-10-20/h4-6,9-12,17,22,24H,3,7-8,13-16,18H2,1-2H3. The van der Waals surface area contributed by atoms with Crippen LogP contribution in [0.3, 0.4) is 0 Å². The number of aryl methyl sites for hydroxylation is 1. The molecule has 30 heavy (non-hydrogen) atoms. The summed E-state index contributed by atoms with van der Waals surface area (Å²) in [5.41, 5.74) is 2.18. The molecule has 0 radical (unpaired) electrons. The zero-order chi connectivity index (χ0) is 21.4. The van der Waals surface area contributed by atoms with Gasteiger partial charge in [0.05, 0.1) is 19.8 Å². The van der Waals surface area contributed by atoms with E-state index in [9.17, 15) is 8.42 Å². The molecule has 1 atom stereocenters. The minimum Gasteiger partial charge on any atom is -0.495 e. The van der Waals surface area contributed by atoms with Crippen molar-refractivity contribution in [1.29, 1.82) is 0 Å². The Morgan fingerprint density at radius 2 is 1.97 bits per heavy atom. The van der Waals surface area contributed by atoms with Crippen molar-refractivity contribution in [3.8, 4) is 5.75 Å². The highest BCUT2D eigenvalue weighted by Gasteiger charge is 2.22. The van der Waals surface area contributed by atoms with Crippen LogP contribution in [0.4, 0.5) is 0 Å². The summed E-state index contributed by atoms with van der Waals surface area (Å²) in [7, 11) is -2.10. The number of unbranched alkanes of at least 4 members (excludes halogenated alkanes) is 1. The molecule has 0 aromatic heterocycles. The zero-order valence-corrected chi connectivity index (χ0v) is 18.7. The van der Waals surface area contributed by atoms with E-state index >= 15 is 0 Å². The fraction of sp³-hybridized carbons (Fsp3) is 0.478. The molecule has 0 saturated carbocycles. The second kappa shape index (κ2) is 10.9. The van der Waals surface area contributed by atoms with Crippen molar-refractivity contribution in [3.63, 3.8) is 0 Å². The molecule has 0 spiro atoms. The second-order valence-corrected chi connectivity index (χ2v) is 9.25. The Labute approximate surface area is 180 Å². The average Bonchev–Trinajstić information content (AvgIpc) is 2.79. The average molecular weight is 433 g/mol. The molecule has 1 saturated heterocycles. The summed E-state index contributed by atoms with van der Waals surface area (Å²) in [4.78, 5) is 2.60. The molecule has 164 valence electrons. The number of methoxy groups -OCH3 is 1. The third-order valence-corrected chi connectivity index (χ3v) is 6.92. The largest absolute Gasteiger partial charge is 0.495 e. The van der Waals surface area contributed by atoms with Crippen LogP contribution in [-0.2, 0) is 21.2 Å². The highest BCUT2D eigenvalue weighted by molar-refractivity contribution is 7.89. The summed E-state index contributed by atoms with van der Waals surface area (Å²) >= 11 is 0. The lowest BCUT2D eigenvalue weighted by Gasteiger charge is -2.33. The number of rotatable bonds is 10. The van der Waals surface area contributed by atoms with Crippen LogP contribution in [0.15, 0.2) is 53.4 Å². The van der Waals surface area contributed by atoms with Crippen LogP contribution in [0.5, 0.6) is 5.75 Å². The van der Waals surface area contributed by atoms with E-state index in [1.165, 1.54) is 12.7 Å². The Kier molecular flexibility index (Phi) is 8.27. The van der Waals surface area contributed by atoms with E-state index in [0.29, 0.717) is 12.3 Å². The maximum absolute atomic E-state index is 12.7. The van der Waals surface area contributed by atoms with E-state index < -0.39 is 10.0 Å². The van der Waals surface area contributed by atoms with E-state index in [4.69, 9.17) is 9.47 Å². The number of hydrogen-bond donors (Lipinski definition) is 1. The normalized spacial score (nSPS) is 17.7. The molecular formula is C23H32N2O4S. The molecule has 1 unspecified atom stereocenters. The second-order valence-electron chi connectivity index (χ2n) is 7.51. The van der Waals surface area contributed by atoms with E-state index in [1.54, 1.807) is 12.1 Å². The summed E-state index contributed by atoms with van der Waals surface area (Å²) in [5.74, 6) is 0.375. The Morgan fingerprint density at radius 3 is 2.70 bits per heavy atom. The summed E-state index contributed by atoms with van der Waals surface area (Å²) in [5, 5.41) is 0. The maximum Gasteiger partial charge on any atom is 0.244 e. The summed E-state index contributed by atoms with van der Waals surface area (Å²) in [6.45, 7) is 5.85. The van der Waals surface area contributed by atoms with Crippen molar-refractivity contribution in [3.05, 3.63) is 59.7 Å². The Hall–Kier alpha value is -1.93. The van der Waals surface area contributed by atoms with Gasteiger partial charge in [-0.3, -0.25) is 4.90 Å². The molecule has 0 aliphatic carbocycles. The maximum atomic E-state index is 12.7. The van der Waals surface area contributed by atoms with E-state index in [-0.39, 0.29) is 11.0 Å². The number of morpholine rings is 1. The van der Waals surface area contributed by atoms with Crippen molar-refractivity contribution in [2.24, 2.45) is 0 Å². The molecule has 3 rings (SSSR count). The van der Waals surface area contributed by atoms with Crippen molar-refractivity contribution in [2.75, 3.05) is 39.9 Å². The molecule has 2 aromatic carbocycles. The van der Waals surface area contributed by atoms with Crippen LogP contribution in [0.2, 0.25) is 0 Å². The quantitative estimate of drug-likeness (QED) is 0.583. The van der Waals surface area contributed by atoms with Crippen molar-refractivity contribution in [2.45, 2.75) is 37.2 Å². The molecule has 1 fully saturated rings. The van der Waals surface area contributed by atoms with E-state index in [1.807, 2.05) is 31.2 Å². The van der Waals surface area contributed by atoms with Gasteiger partial charge < -0.3 is 9.47 Å². The Bertz CT molecular complexity index is 903. The first-order valence-corrected chi connectivity index (χ1v) is 12.1. The molecule has 0 bridgehead atoms. The number of benzene rings is 2. The lowest BCUT2D eigenvalue weighted by Crippen LogP contribution is -2.39. The van der Waals surface area contributed by atoms with Crippen LogP contribution in [0.25, 0.3) is 0 Å². The van der Waals surface area contributed by atoms with Crippen LogP contribution in [0, 0.1) is 0 Å². The van der Waals surface area contributed by atoms with Gasteiger partial charge in [0.15, 0.2) is 0 Å². The number of hydrogen-bond acceptors (Lipinski definition) is 5. The SMILES string of the molecule is CCc1ccc(OC)c(S(=O)(=O)NCCCCN2CCOC(c3ccccc3)C2)c1. The van der Waals surface area contributed by atoms with Crippen LogP contribution in [-0.4, -0.2) is 53.2 Å². The van der Waals surface area contributed by atoms with E-state index in [0.717, 1.165) is 51.1 Å². The molecular weight excluding hydrogens is 400 g/mol. The number of sulfonamides is 1. The molecule has 0 amide bonds. The highest BCUT2D eigenvalue weighted by atomic mass is 32.2. The predicted molar refractivity (Wildman–Crippen MR) is 118 cm³/mol. The van der Waals surface area contributed by atoms with Crippen LogP contribution in [0.1, 0.15) is 37.0 Å². The van der Waals surface area contributed by atoms with Gasteiger partial charge in [0.2, 0.25) is 10.0 Å². The lowest BCUT2D eigenvalue weighted by molar-refractivity contribution is -0.0303. The number of ether oxygens (including phenoxy) is 2. The zero-order valence-electron chi connectivity index (χ0n) is 17.8. The molecule has 1 heterocycles. The van der Waals surface area contributed by atoms with Crippen molar-refractivity contribution in [1.82, 2.24) is 9.62 Å². The smallest absolute Gasteiger partial charge is 0.244 e. The Morgan fingerprint density at radius 1 is 1.17 bits per heavy atom. The monoisotopic (exact) mass is 432 g/mol. The summed E-state index contributed by atoms with van der Waals surface area (Å²) in [6, 6.07) is 15.6. The van der Waals surface area contributed by atoms with Crippen LogP contribution >= 0.6 is 0 Å². The van der Waals surface area contributed by atoms with Gasteiger partial charge in [-0.05, 0) is 49.1 Å². The first-order valence-electron chi connectivity index (χ1n) is 10.6. The van der Waals surface area contributed by atoms with Gasteiger partial charge in [-0.15, -0.1) is 0 Å². The minimum absolute atomic E-state index is 0.108. The van der Waals surface area contributed by atoms with Gasteiger partial charge in [-0.1, -0.05) is 43.3 Å². The topological polar surface area (TPSA) is 67.9 Å². The summed E-state index contributed by atoms with van der Waals surface area (Å²) < 4.78 is 39.3. The first kappa shape index (κ1) is 22.7. The van der Waals surface area contributed by atoms with E-state index in [2.05, 4.69) is 21.8 Å². The van der Waals surface area contributed by atoms with Crippen LogP contribution < -0.4 is 9.46 Å². The molecule has 1 N–H and O–H groups in total. The van der Waals surface area contributed by atoms with Gasteiger partial charge in [-0.2, -0.15) is 0 Å². The fourth-order valence-electron chi connectivity index (χ4n) is 3.67. The van der Waals surface area contributed by atoms with Gasteiger partial charge in [-0.25, -0.2) is 13.1 Å². The predicted octanol–water partition coefficient (Wildman–Crippen LogP) is 3.39. The molecule has 2 aromatic rings. The number of nitrogens with one attached hydrogen (secondary N) is 1. The van der Waals surface area contributed by atoms with Crippen molar-refractivity contribution >= 4 is 10.0 Å². The molecule has 7 heteroatoms. The fourth-order valence-corrected chi connectivity index (χ4v) is 4.96. The number of nitrogens with zero attached hydrogens (tertiary/aromatic N) is 1. The Balaban J connectivity index is 1.46. The highest BCUT2D eigenvalue weighted by Crippen LogP contribution is 2.25. The van der Waals surface area contributed by atoms with Crippen molar-refractivity contribution < 1.29 is 17.9 Å². The summed E-state index contributed by atoms with van der Waals surface area (Å²) in [6.07, 6.45) is 2.59. The third kappa shape index (κ3) is 6.04. The lowest BCUT2D eigenvalue weighted by atomic mass is 10.1. The third-order valence-electron chi connectivity index (χ3n) is 5.44. The molecule has 1 aliphatic rings.